The van der Waals surface area contributed by atoms with Crippen molar-refractivity contribution in [2.24, 2.45) is 5.92 Å². The van der Waals surface area contributed by atoms with E-state index in [1.807, 2.05) is 18.2 Å². The number of benzene rings is 1. The Morgan fingerprint density at radius 1 is 1.17 bits per heavy atom. The van der Waals surface area contributed by atoms with Gasteiger partial charge in [-0.05, 0) is 42.9 Å². The van der Waals surface area contributed by atoms with Crippen molar-refractivity contribution in [3.05, 3.63) is 23.8 Å². The normalized spacial score (nSPS) is 31.1. The zero-order valence-electron chi connectivity index (χ0n) is 10.8. The summed E-state index contributed by atoms with van der Waals surface area (Å²) in [6.07, 6.45) is 3.93. The highest BCUT2D eigenvalue weighted by Crippen LogP contribution is 2.45. The van der Waals surface area contributed by atoms with E-state index in [9.17, 15) is 5.11 Å². The molecule has 1 aromatic rings. The van der Waals surface area contributed by atoms with Crippen LogP contribution in [0.3, 0.4) is 0 Å². The third-order valence-corrected chi connectivity index (χ3v) is 4.26. The predicted molar refractivity (Wildman–Crippen MR) is 69.0 cm³/mol. The van der Waals surface area contributed by atoms with Gasteiger partial charge in [-0.15, -0.1) is 0 Å². The standard InChI is InChI=1S/C15H20O3/c1-11-4-2-7-15(11,16)12-5-6-13-14(10-12)18-9-3-8-17-13/h5-6,10-11,16H,2-4,7-9H2,1H3. The lowest BCUT2D eigenvalue weighted by Crippen LogP contribution is -2.28. The molecule has 1 heterocycles. The van der Waals surface area contributed by atoms with Crippen LogP contribution in [0.1, 0.15) is 38.2 Å². The van der Waals surface area contributed by atoms with E-state index in [1.54, 1.807) is 0 Å². The first-order valence-corrected chi connectivity index (χ1v) is 6.83. The summed E-state index contributed by atoms with van der Waals surface area (Å²) in [6, 6.07) is 5.87. The van der Waals surface area contributed by atoms with E-state index < -0.39 is 5.60 Å². The number of fused-ring (bicyclic) bond motifs is 1. The Labute approximate surface area is 108 Å². The Hall–Kier alpha value is -1.22. The smallest absolute Gasteiger partial charge is 0.161 e. The largest absolute Gasteiger partial charge is 0.490 e. The zero-order chi connectivity index (χ0) is 12.6. The highest BCUT2D eigenvalue weighted by Gasteiger charge is 2.40. The van der Waals surface area contributed by atoms with Crippen LogP contribution >= 0.6 is 0 Å². The molecule has 1 N–H and O–H groups in total. The minimum atomic E-state index is -0.690. The van der Waals surface area contributed by atoms with Gasteiger partial charge in [0.05, 0.1) is 18.8 Å². The Balaban J connectivity index is 1.96. The molecule has 1 fully saturated rings. The first-order chi connectivity index (χ1) is 8.70. The molecule has 0 saturated heterocycles. The highest BCUT2D eigenvalue weighted by atomic mass is 16.5. The third kappa shape index (κ3) is 1.87. The second-order valence-electron chi connectivity index (χ2n) is 5.43. The molecule has 2 aliphatic rings. The topological polar surface area (TPSA) is 38.7 Å². The maximum atomic E-state index is 10.8. The van der Waals surface area contributed by atoms with Gasteiger partial charge in [0, 0.05) is 6.42 Å². The molecule has 0 amide bonds. The first-order valence-electron chi connectivity index (χ1n) is 6.83. The average Bonchev–Trinajstić information content (AvgIpc) is 2.61. The Morgan fingerprint density at radius 3 is 2.67 bits per heavy atom. The SMILES string of the molecule is CC1CCCC1(O)c1ccc2c(c1)OCCCO2. The summed E-state index contributed by atoms with van der Waals surface area (Å²) < 4.78 is 11.3. The van der Waals surface area contributed by atoms with Crippen molar-refractivity contribution < 1.29 is 14.6 Å². The Bertz CT molecular complexity index is 443. The van der Waals surface area contributed by atoms with Crippen LogP contribution in [0.4, 0.5) is 0 Å². The molecule has 0 spiro atoms. The predicted octanol–water partition coefficient (Wildman–Crippen LogP) is 2.86. The maximum absolute atomic E-state index is 10.8. The molecule has 18 heavy (non-hydrogen) atoms. The van der Waals surface area contributed by atoms with Gasteiger partial charge in [-0.3, -0.25) is 0 Å². The van der Waals surface area contributed by atoms with Gasteiger partial charge in [0.15, 0.2) is 11.5 Å². The summed E-state index contributed by atoms with van der Waals surface area (Å²) in [5.74, 6) is 1.88. The van der Waals surface area contributed by atoms with Gasteiger partial charge in [-0.1, -0.05) is 13.0 Å². The lowest BCUT2D eigenvalue weighted by Gasteiger charge is -2.28. The van der Waals surface area contributed by atoms with E-state index in [0.29, 0.717) is 19.1 Å². The lowest BCUT2D eigenvalue weighted by atomic mass is 9.85. The molecule has 1 aliphatic carbocycles. The summed E-state index contributed by atoms with van der Waals surface area (Å²) in [5.41, 5.74) is 0.279. The lowest BCUT2D eigenvalue weighted by molar-refractivity contribution is 0.00426. The van der Waals surface area contributed by atoms with Crippen LogP contribution in [0.2, 0.25) is 0 Å². The molecule has 2 atom stereocenters. The van der Waals surface area contributed by atoms with Gasteiger partial charge in [0.1, 0.15) is 0 Å². The van der Waals surface area contributed by atoms with Crippen molar-refractivity contribution in [1.82, 2.24) is 0 Å². The molecule has 1 aliphatic heterocycles. The van der Waals surface area contributed by atoms with Crippen LogP contribution in [0.15, 0.2) is 18.2 Å². The van der Waals surface area contributed by atoms with E-state index >= 15 is 0 Å². The van der Waals surface area contributed by atoms with Crippen molar-refractivity contribution in [3.8, 4) is 11.5 Å². The molecule has 3 heteroatoms. The summed E-state index contributed by atoms with van der Waals surface area (Å²) >= 11 is 0. The fourth-order valence-electron chi connectivity index (χ4n) is 3.02. The van der Waals surface area contributed by atoms with Gasteiger partial charge >= 0.3 is 0 Å². The van der Waals surface area contributed by atoms with Crippen molar-refractivity contribution in [2.75, 3.05) is 13.2 Å². The molecule has 2 unspecified atom stereocenters. The monoisotopic (exact) mass is 248 g/mol. The van der Waals surface area contributed by atoms with E-state index in [2.05, 4.69) is 6.92 Å². The van der Waals surface area contributed by atoms with Gasteiger partial charge in [-0.2, -0.15) is 0 Å². The van der Waals surface area contributed by atoms with Crippen molar-refractivity contribution in [3.63, 3.8) is 0 Å². The molecular weight excluding hydrogens is 228 g/mol. The number of hydrogen-bond acceptors (Lipinski definition) is 3. The second kappa shape index (κ2) is 4.47. The number of hydrogen-bond donors (Lipinski definition) is 1. The molecule has 0 radical (unpaired) electrons. The number of aliphatic hydroxyl groups is 1. The second-order valence-corrected chi connectivity index (χ2v) is 5.43. The Morgan fingerprint density at radius 2 is 1.94 bits per heavy atom. The minimum absolute atomic E-state index is 0.308. The summed E-state index contributed by atoms with van der Waals surface area (Å²) in [6.45, 7) is 3.51. The molecule has 0 bridgehead atoms. The van der Waals surface area contributed by atoms with E-state index in [4.69, 9.17) is 9.47 Å². The first kappa shape index (κ1) is 11.8. The molecule has 3 nitrogen and oxygen atoms in total. The quantitative estimate of drug-likeness (QED) is 0.830. The van der Waals surface area contributed by atoms with Crippen LogP contribution in [0, 0.1) is 5.92 Å². The summed E-state index contributed by atoms with van der Waals surface area (Å²) in [5, 5.41) is 10.8. The van der Waals surface area contributed by atoms with Crippen LogP contribution in [-0.4, -0.2) is 18.3 Å². The van der Waals surface area contributed by atoms with Crippen LogP contribution in [0.5, 0.6) is 11.5 Å². The Kier molecular flexibility index (Phi) is 2.94. The van der Waals surface area contributed by atoms with Crippen LogP contribution in [-0.2, 0) is 5.60 Å². The van der Waals surface area contributed by atoms with Crippen LogP contribution in [0.25, 0.3) is 0 Å². The highest BCUT2D eigenvalue weighted by molar-refractivity contribution is 5.45. The third-order valence-electron chi connectivity index (χ3n) is 4.26. The minimum Gasteiger partial charge on any atom is -0.490 e. The molecule has 98 valence electrons. The van der Waals surface area contributed by atoms with E-state index in [1.165, 1.54) is 0 Å². The average molecular weight is 248 g/mol. The fourth-order valence-corrected chi connectivity index (χ4v) is 3.02. The van der Waals surface area contributed by atoms with E-state index in [0.717, 1.165) is 42.7 Å². The van der Waals surface area contributed by atoms with Crippen molar-refractivity contribution >= 4 is 0 Å². The van der Waals surface area contributed by atoms with Gasteiger partial charge in [-0.25, -0.2) is 0 Å². The van der Waals surface area contributed by atoms with Gasteiger partial charge in [0.25, 0.3) is 0 Å². The molecular formula is C15H20O3. The zero-order valence-corrected chi connectivity index (χ0v) is 10.8. The number of rotatable bonds is 1. The van der Waals surface area contributed by atoms with Gasteiger partial charge < -0.3 is 14.6 Å². The van der Waals surface area contributed by atoms with Gasteiger partial charge in [0.2, 0.25) is 0 Å². The summed E-state index contributed by atoms with van der Waals surface area (Å²) in [7, 11) is 0. The van der Waals surface area contributed by atoms with E-state index in [-0.39, 0.29) is 0 Å². The van der Waals surface area contributed by atoms with Crippen LogP contribution < -0.4 is 9.47 Å². The fraction of sp³-hybridized carbons (Fsp3) is 0.600. The van der Waals surface area contributed by atoms with Crippen molar-refractivity contribution in [1.29, 1.82) is 0 Å². The maximum Gasteiger partial charge on any atom is 0.161 e. The molecule has 0 aromatic heterocycles. The molecule has 3 rings (SSSR count). The molecule has 1 saturated carbocycles. The summed E-state index contributed by atoms with van der Waals surface area (Å²) in [4.78, 5) is 0. The molecule has 1 aromatic carbocycles. The van der Waals surface area contributed by atoms with Crippen molar-refractivity contribution in [2.45, 2.75) is 38.2 Å². The number of ether oxygens (including phenoxy) is 2.